The molecule has 0 aliphatic carbocycles. The number of carbonyl (C=O) groups excluding carboxylic acids is 2. The van der Waals surface area contributed by atoms with E-state index in [0.717, 1.165) is 64.2 Å². The Labute approximate surface area is 456 Å². The van der Waals surface area contributed by atoms with Gasteiger partial charge in [0.05, 0.1) is 33.8 Å². The number of quaternary nitrogens is 1. The second kappa shape index (κ2) is 53.3. The third kappa shape index (κ3) is 53.7. The van der Waals surface area contributed by atoms with E-state index >= 15 is 0 Å². The summed E-state index contributed by atoms with van der Waals surface area (Å²) in [6, 6.07) is -0.873. The Morgan fingerprint density at radius 2 is 0.878 bits per heavy atom. The molecule has 0 saturated carbocycles. The summed E-state index contributed by atoms with van der Waals surface area (Å²) in [7, 11) is 1.46. The summed E-state index contributed by atoms with van der Waals surface area (Å²) in [5.41, 5.74) is 0. The molecule has 1 amide bonds. The van der Waals surface area contributed by atoms with Crippen LogP contribution in [-0.4, -0.2) is 74.3 Å². The lowest BCUT2D eigenvalue weighted by Gasteiger charge is -2.27. The number of nitrogens with zero attached hydrogens (tertiary/aromatic N) is 1. The average Bonchev–Trinajstić information content (AvgIpc) is 3.36. The van der Waals surface area contributed by atoms with Gasteiger partial charge in [-0.3, -0.25) is 18.6 Å². The number of likely N-dealkylation sites (N-methyl/N-ethyl adjacent to an activating group) is 1. The normalized spacial score (nSPS) is 14.4. The number of hydrogen-bond donors (Lipinski definition) is 2. The lowest BCUT2D eigenvalue weighted by molar-refractivity contribution is -0.870. The van der Waals surface area contributed by atoms with Crippen LogP contribution < -0.4 is 5.32 Å². The maximum Gasteiger partial charge on any atom is 0.472 e. The first-order valence-electron chi connectivity index (χ1n) is 30.1. The number of allylic oxidation sites excluding steroid dienone is 15. The first kappa shape index (κ1) is 70.9. The fourth-order valence-corrected chi connectivity index (χ4v) is 9.00. The molecule has 0 heterocycles. The van der Waals surface area contributed by atoms with Crippen LogP contribution in [0.1, 0.15) is 245 Å². The predicted molar refractivity (Wildman–Crippen MR) is 318 cm³/mol. The van der Waals surface area contributed by atoms with Crippen molar-refractivity contribution in [2.75, 3.05) is 40.9 Å². The molecule has 0 bridgehead atoms. The van der Waals surface area contributed by atoms with Gasteiger partial charge in [-0.25, -0.2) is 4.57 Å². The summed E-state index contributed by atoms with van der Waals surface area (Å²) in [6.45, 7) is 6.82. The zero-order chi connectivity index (χ0) is 54.3. The Bertz CT molecular complexity index is 1590. The Morgan fingerprint density at radius 3 is 1.35 bits per heavy atom. The highest BCUT2D eigenvalue weighted by atomic mass is 31.2. The van der Waals surface area contributed by atoms with Crippen molar-refractivity contribution >= 4 is 19.7 Å². The van der Waals surface area contributed by atoms with E-state index in [-0.39, 0.29) is 31.5 Å². The van der Waals surface area contributed by atoms with Crippen molar-refractivity contribution in [3.63, 3.8) is 0 Å². The van der Waals surface area contributed by atoms with Crippen molar-refractivity contribution in [3.05, 3.63) is 97.2 Å². The van der Waals surface area contributed by atoms with Gasteiger partial charge in [0, 0.05) is 12.8 Å². The number of amides is 1. The largest absolute Gasteiger partial charge is 0.472 e. The van der Waals surface area contributed by atoms with Crippen molar-refractivity contribution < 1.29 is 37.3 Å². The van der Waals surface area contributed by atoms with Gasteiger partial charge in [0.2, 0.25) is 5.91 Å². The zero-order valence-corrected chi connectivity index (χ0v) is 49.4. The maximum absolute atomic E-state index is 13.5. The number of hydrogen-bond acceptors (Lipinski definition) is 6. The highest BCUT2D eigenvalue weighted by Crippen LogP contribution is 2.43. The lowest BCUT2D eigenvalue weighted by Crippen LogP contribution is -2.47. The van der Waals surface area contributed by atoms with Crippen LogP contribution in [0, 0.1) is 0 Å². The van der Waals surface area contributed by atoms with Crippen LogP contribution in [0.15, 0.2) is 97.2 Å². The van der Waals surface area contributed by atoms with E-state index < -0.39 is 20.0 Å². The van der Waals surface area contributed by atoms with E-state index in [0.29, 0.717) is 23.9 Å². The van der Waals surface area contributed by atoms with Gasteiger partial charge in [-0.05, 0) is 76.7 Å². The Kier molecular flexibility index (Phi) is 51.1. The van der Waals surface area contributed by atoms with Crippen molar-refractivity contribution in [3.8, 4) is 0 Å². The topological polar surface area (TPSA) is 111 Å². The minimum absolute atomic E-state index is 0.0279. The number of nitrogens with one attached hydrogen (secondary N) is 1. The molecule has 0 saturated heterocycles. The van der Waals surface area contributed by atoms with Gasteiger partial charge in [-0.15, -0.1) is 0 Å². The SMILES string of the molecule is CC\C=C/C=C/C=C/C=C\C=C\C=C\CCCCCC(=O)OC(/C=C/CCCCCCCCCCCC)C(COP(=O)(O)OCC[N+](C)(C)C)NC(=O)CCCCCCCCCCC/C=C/CCCCCCCC. The molecule has 0 fully saturated rings. The summed E-state index contributed by atoms with van der Waals surface area (Å²) in [6.07, 6.45) is 71.1. The molecule has 0 aliphatic heterocycles. The minimum Gasteiger partial charge on any atom is -0.456 e. The summed E-state index contributed by atoms with van der Waals surface area (Å²) >= 11 is 0. The van der Waals surface area contributed by atoms with Crippen LogP contribution in [0.3, 0.4) is 0 Å². The molecule has 3 unspecified atom stereocenters. The fraction of sp³-hybridized carbons (Fsp3) is 0.719. The summed E-state index contributed by atoms with van der Waals surface area (Å²) < 4.78 is 30.6. The average molecular weight is 1050 g/mol. The number of rotatable bonds is 53. The van der Waals surface area contributed by atoms with Crippen LogP contribution in [0.2, 0.25) is 0 Å². The van der Waals surface area contributed by atoms with Gasteiger partial charge in [-0.1, -0.05) is 253 Å². The molecule has 2 N–H and O–H groups in total. The smallest absolute Gasteiger partial charge is 0.456 e. The van der Waals surface area contributed by atoms with Gasteiger partial charge in [0.1, 0.15) is 19.3 Å². The summed E-state index contributed by atoms with van der Waals surface area (Å²) in [4.78, 5) is 37.7. The molecule has 0 spiro atoms. The molecule has 0 aliphatic rings. The number of unbranched alkanes of at least 4 members (excludes halogenated alkanes) is 28. The van der Waals surface area contributed by atoms with Crippen molar-refractivity contribution in [2.45, 2.75) is 258 Å². The Hall–Kier alpha value is -3.07. The van der Waals surface area contributed by atoms with Gasteiger partial charge in [0.15, 0.2) is 0 Å². The van der Waals surface area contributed by atoms with Gasteiger partial charge >= 0.3 is 13.8 Å². The number of phosphoric acid groups is 1. The molecular weight excluding hydrogens is 940 g/mol. The molecule has 10 heteroatoms. The maximum atomic E-state index is 13.5. The third-order valence-electron chi connectivity index (χ3n) is 12.9. The molecule has 74 heavy (non-hydrogen) atoms. The monoisotopic (exact) mass is 1050 g/mol. The number of phosphoric ester groups is 1. The van der Waals surface area contributed by atoms with Crippen LogP contribution in [0.5, 0.6) is 0 Å². The molecule has 9 nitrogen and oxygen atoms in total. The van der Waals surface area contributed by atoms with Crippen molar-refractivity contribution in [1.82, 2.24) is 5.32 Å². The van der Waals surface area contributed by atoms with E-state index in [1.807, 2.05) is 94.1 Å². The molecule has 3 atom stereocenters. The lowest BCUT2D eigenvalue weighted by atomic mass is 10.0. The van der Waals surface area contributed by atoms with Crippen molar-refractivity contribution in [2.24, 2.45) is 0 Å². The summed E-state index contributed by atoms with van der Waals surface area (Å²) in [5, 5.41) is 3.04. The standard InChI is InChI=1S/C64H113N2O7P/c1-7-10-13-16-19-22-25-28-30-32-33-35-36-38-41-44-47-50-53-56-63(67)65-61(60-72-74(69,70)71-59-58-66(4,5)6)62(55-52-49-46-43-40-27-24-21-18-15-12-9-3)73-64(68)57-54-51-48-45-42-39-37-34-31-29-26-23-20-17-14-11-8-2/h11,14,17,20,23,26,28-31,34,37,39,42,52,55,61-62H,7-10,12-13,15-16,18-19,21-22,24-25,27,32-33,35-36,38,40-41,43-51,53-54,56-60H2,1-6H3,(H-,65,67,69,70)/p+1/b14-11-,20-17+,26-23+,30-28+,31-29-,37-34+,42-39+,55-52+. The second-order valence-electron chi connectivity index (χ2n) is 21.3. The molecular formula is C64H114N2O7P+. The molecule has 0 aromatic heterocycles. The quantitative estimate of drug-likeness (QED) is 0.0156. The zero-order valence-electron chi connectivity index (χ0n) is 48.6. The van der Waals surface area contributed by atoms with Crippen LogP contribution in [-0.2, 0) is 27.9 Å². The molecule has 0 aromatic rings. The minimum atomic E-state index is -4.46. The van der Waals surface area contributed by atoms with E-state index in [1.165, 1.54) is 141 Å². The first-order chi connectivity index (χ1) is 35.9. The van der Waals surface area contributed by atoms with Gasteiger partial charge in [-0.2, -0.15) is 0 Å². The van der Waals surface area contributed by atoms with E-state index in [9.17, 15) is 19.0 Å². The molecule has 0 radical (unpaired) electrons. The first-order valence-corrected chi connectivity index (χ1v) is 31.6. The van der Waals surface area contributed by atoms with E-state index in [4.69, 9.17) is 13.8 Å². The number of esters is 1. The van der Waals surface area contributed by atoms with Crippen LogP contribution >= 0.6 is 7.82 Å². The fourth-order valence-electron chi connectivity index (χ4n) is 8.26. The Morgan fingerprint density at radius 1 is 0.486 bits per heavy atom. The second-order valence-corrected chi connectivity index (χ2v) is 22.7. The predicted octanol–water partition coefficient (Wildman–Crippen LogP) is 18.4. The van der Waals surface area contributed by atoms with Crippen LogP contribution in [0.25, 0.3) is 0 Å². The number of carbonyl (C=O) groups is 2. The highest BCUT2D eigenvalue weighted by Gasteiger charge is 2.30. The van der Waals surface area contributed by atoms with E-state index in [1.54, 1.807) is 0 Å². The summed E-state index contributed by atoms with van der Waals surface area (Å²) in [5.74, 6) is -0.561. The molecule has 0 rings (SSSR count). The molecule has 0 aromatic carbocycles. The van der Waals surface area contributed by atoms with Crippen LogP contribution in [0.4, 0.5) is 0 Å². The third-order valence-corrected chi connectivity index (χ3v) is 13.9. The van der Waals surface area contributed by atoms with Crippen molar-refractivity contribution in [1.29, 1.82) is 0 Å². The van der Waals surface area contributed by atoms with E-state index in [2.05, 4.69) is 50.4 Å². The van der Waals surface area contributed by atoms with Gasteiger partial charge < -0.3 is 19.4 Å². The number of ether oxygens (including phenoxy) is 1. The Balaban J connectivity index is 5.37. The highest BCUT2D eigenvalue weighted by molar-refractivity contribution is 7.47. The molecule has 426 valence electrons. The van der Waals surface area contributed by atoms with Gasteiger partial charge in [0.25, 0.3) is 0 Å².